The molecule has 0 atom stereocenters. The second-order valence-electron chi connectivity index (χ2n) is 3.93. The number of fused-ring (bicyclic) bond motifs is 1. The van der Waals surface area contributed by atoms with E-state index in [-0.39, 0.29) is 5.82 Å². The molecular weight excluding hydrogens is 249 g/mol. The van der Waals surface area contributed by atoms with Gasteiger partial charge in [-0.2, -0.15) is 0 Å². The lowest BCUT2D eigenvalue weighted by Crippen LogP contribution is -2.14. The van der Waals surface area contributed by atoms with E-state index in [0.717, 1.165) is 30.5 Å². The van der Waals surface area contributed by atoms with Crippen LogP contribution in [0.4, 0.5) is 4.39 Å². The Hall–Kier alpha value is -1.41. The molecule has 0 saturated heterocycles. The molecule has 0 amide bonds. The molecule has 0 aromatic heterocycles. The molecule has 2 heteroatoms. The molecule has 0 saturated carbocycles. The summed E-state index contributed by atoms with van der Waals surface area (Å²) in [7, 11) is 0. The van der Waals surface area contributed by atoms with E-state index in [4.69, 9.17) is 0 Å². The highest BCUT2D eigenvalue weighted by Gasteiger charge is 2.04. The molecule has 1 nitrogen and oxygen atoms in total. The van der Waals surface area contributed by atoms with Gasteiger partial charge in [0.15, 0.2) is 0 Å². The van der Waals surface area contributed by atoms with Gasteiger partial charge in [0.25, 0.3) is 0 Å². The topological polar surface area (TPSA) is 12.0 Å². The van der Waals surface area contributed by atoms with Crippen LogP contribution in [0.2, 0.25) is 0 Å². The highest BCUT2D eigenvalue weighted by Crippen LogP contribution is 2.21. The minimum Gasteiger partial charge on any atom is -0.313 e. The van der Waals surface area contributed by atoms with E-state index in [2.05, 4.69) is 12.2 Å². The fourth-order valence-electron chi connectivity index (χ4n) is 1.88. The first kappa shape index (κ1) is 18.6. The van der Waals surface area contributed by atoms with Crippen molar-refractivity contribution in [1.29, 1.82) is 0 Å². The van der Waals surface area contributed by atoms with E-state index in [1.165, 1.54) is 0 Å². The van der Waals surface area contributed by atoms with E-state index >= 15 is 0 Å². The van der Waals surface area contributed by atoms with Crippen LogP contribution in [0.25, 0.3) is 10.8 Å². The Kier molecular flexibility index (Phi) is 10.6. The lowest BCUT2D eigenvalue weighted by atomic mass is 10.0. The molecule has 0 aliphatic heterocycles. The summed E-state index contributed by atoms with van der Waals surface area (Å²) in [5.41, 5.74) is 1.16. The molecule has 112 valence electrons. The second-order valence-corrected chi connectivity index (χ2v) is 3.93. The fraction of sp³-hybridized carbons (Fsp3) is 0.444. The van der Waals surface area contributed by atoms with Gasteiger partial charge in [0, 0.05) is 11.9 Å². The summed E-state index contributed by atoms with van der Waals surface area (Å²) in [5, 5.41) is 5.05. The first-order valence-corrected chi connectivity index (χ1v) is 7.69. The standard InChI is InChI=1S/C14H16FN.2C2H6/c1-2-9-16-10-11-7-8-14(15)13-6-4-3-5-12(11)13;2*1-2/h3-8,16H,2,9-10H2,1H3;2*1-2H3. The number of hydrogen-bond acceptors (Lipinski definition) is 1. The van der Waals surface area contributed by atoms with Gasteiger partial charge in [-0.25, -0.2) is 4.39 Å². The largest absolute Gasteiger partial charge is 0.313 e. The van der Waals surface area contributed by atoms with Crippen LogP contribution in [0, 0.1) is 5.82 Å². The zero-order valence-corrected chi connectivity index (χ0v) is 13.5. The zero-order valence-electron chi connectivity index (χ0n) is 13.5. The highest BCUT2D eigenvalue weighted by atomic mass is 19.1. The maximum Gasteiger partial charge on any atom is 0.131 e. The van der Waals surface area contributed by atoms with Crippen molar-refractivity contribution in [3.8, 4) is 0 Å². The maximum absolute atomic E-state index is 13.5. The smallest absolute Gasteiger partial charge is 0.131 e. The molecule has 2 rings (SSSR count). The molecule has 0 unspecified atom stereocenters. The van der Waals surface area contributed by atoms with Crippen molar-refractivity contribution in [2.24, 2.45) is 0 Å². The molecule has 0 bridgehead atoms. The van der Waals surface area contributed by atoms with E-state index < -0.39 is 0 Å². The number of benzene rings is 2. The van der Waals surface area contributed by atoms with Crippen molar-refractivity contribution < 1.29 is 4.39 Å². The van der Waals surface area contributed by atoms with Gasteiger partial charge in [-0.3, -0.25) is 0 Å². The lowest BCUT2D eigenvalue weighted by molar-refractivity contribution is 0.637. The normalized spacial score (nSPS) is 9.30. The first-order chi connectivity index (χ1) is 9.83. The first-order valence-electron chi connectivity index (χ1n) is 7.69. The van der Waals surface area contributed by atoms with Crippen LogP contribution in [-0.4, -0.2) is 6.54 Å². The van der Waals surface area contributed by atoms with E-state index in [0.29, 0.717) is 5.39 Å². The fourth-order valence-corrected chi connectivity index (χ4v) is 1.88. The average molecular weight is 277 g/mol. The van der Waals surface area contributed by atoms with Crippen molar-refractivity contribution >= 4 is 10.8 Å². The van der Waals surface area contributed by atoms with Crippen molar-refractivity contribution in [3.63, 3.8) is 0 Å². The SMILES string of the molecule is CC.CC.CCCNCc1ccc(F)c2ccccc12. The minimum absolute atomic E-state index is 0.144. The highest BCUT2D eigenvalue weighted by molar-refractivity contribution is 5.86. The zero-order chi connectivity index (χ0) is 15.4. The predicted molar refractivity (Wildman–Crippen MR) is 88.6 cm³/mol. The van der Waals surface area contributed by atoms with Gasteiger partial charge in [0.2, 0.25) is 0 Å². The minimum atomic E-state index is -0.144. The van der Waals surface area contributed by atoms with E-state index in [1.54, 1.807) is 6.07 Å². The van der Waals surface area contributed by atoms with Gasteiger partial charge >= 0.3 is 0 Å². The van der Waals surface area contributed by atoms with Crippen LogP contribution in [0.1, 0.15) is 46.6 Å². The van der Waals surface area contributed by atoms with Gasteiger partial charge in [-0.15, -0.1) is 0 Å². The number of halogens is 1. The predicted octanol–water partition coefficient (Wildman–Crippen LogP) is 5.53. The molecule has 20 heavy (non-hydrogen) atoms. The van der Waals surface area contributed by atoms with Crippen molar-refractivity contribution in [1.82, 2.24) is 5.32 Å². The van der Waals surface area contributed by atoms with Crippen LogP contribution in [0.5, 0.6) is 0 Å². The third-order valence-corrected chi connectivity index (χ3v) is 2.70. The Morgan fingerprint density at radius 1 is 0.900 bits per heavy atom. The molecule has 0 aliphatic rings. The molecule has 0 heterocycles. The summed E-state index contributed by atoms with van der Waals surface area (Å²) in [5.74, 6) is -0.144. The Labute approximate surface area is 123 Å². The van der Waals surface area contributed by atoms with Gasteiger partial charge in [0.1, 0.15) is 5.82 Å². The molecule has 0 aliphatic carbocycles. The molecule has 0 radical (unpaired) electrons. The molecule has 0 fully saturated rings. The van der Waals surface area contributed by atoms with Gasteiger partial charge in [-0.05, 0) is 30.0 Å². The molecular formula is C18H28FN. The Bertz CT molecular complexity index is 480. The van der Waals surface area contributed by atoms with Gasteiger partial charge in [0.05, 0.1) is 0 Å². The van der Waals surface area contributed by atoms with E-state index in [1.807, 2.05) is 58.0 Å². The summed E-state index contributed by atoms with van der Waals surface area (Å²) in [6.07, 6.45) is 1.11. The van der Waals surface area contributed by atoms with Crippen molar-refractivity contribution in [2.45, 2.75) is 47.6 Å². The summed E-state index contributed by atoms with van der Waals surface area (Å²) in [4.78, 5) is 0. The molecule has 2 aromatic carbocycles. The van der Waals surface area contributed by atoms with Crippen LogP contribution in [0.3, 0.4) is 0 Å². The quantitative estimate of drug-likeness (QED) is 0.724. The Balaban J connectivity index is 0.000000829. The third kappa shape index (κ3) is 5.30. The second kappa shape index (κ2) is 11.4. The van der Waals surface area contributed by atoms with Crippen LogP contribution in [0.15, 0.2) is 36.4 Å². The lowest BCUT2D eigenvalue weighted by Gasteiger charge is -2.08. The van der Waals surface area contributed by atoms with Crippen LogP contribution >= 0.6 is 0 Å². The van der Waals surface area contributed by atoms with Crippen LogP contribution in [-0.2, 0) is 6.54 Å². The Morgan fingerprint density at radius 2 is 1.50 bits per heavy atom. The molecule has 0 spiro atoms. The summed E-state index contributed by atoms with van der Waals surface area (Å²) in [6.45, 7) is 11.9. The molecule has 2 aromatic rings. The third-order valence-electron chi connectivity index (χ3n) is 2.70. The van der Waals surface area contributed by atoms with Crippen molar-refractivity contribution in [2.75, 3.05) is 6.54 Å². The molecule has 1 N–H and O–H groups in total. The number of hydrogen-bond donors (Lipinski definition) is 1. The summed E-state index contributed by atoms with van der Waals surface area (Å²) >= 11 is 0. The van der Waals surface area contributed by atoms with Gasteiger partial charge < -0.3 is 5.32 Å². The number of nitrogens with one attached hydrogen (secondary N) is 1. The number of rotatable bonds is 4. The van der Waals surface area contributed by atoms with Crippen molar-refractivity contribution in [3.05, 3.63) is 47.8 Å². The van der Waals surface area contributed by atoms with E-state index in [9.17, 15) is 4.39 Å². The van der Waals surface area contributed by atoms with Crippen LogP contribution < -0.4 is 5.32 Å². The van der Waals surface area contributed by atoms with Gasteiger partial charge in [-0.1, -0.05) is 65.0 Å². The summed E-state index contributed by atoms with van der Waals surface area (Å²) < 4.78 is 13.5. The maximum atomic E-state index is 13.5. The monoisotopic (exact) mass is 277 g/mol. The average Bonchev–Trinajstić information content (AvgIpc) is 2.54. The Morgan fingerprint density at radius 3 is 2.10 bits per heavy atom. The summed E-state index contributed by atoms with van der Waals surface area (Å²) in [6, 6.07) is 11.0.